The predicted octanol–water partition coefficient (Wildman–Crippen LogP) is 0.279. The topological polar surface area (TPSA) is 84.7 Å². The first-order valence-electron chi connectivity index (χ1n) is 6.64. The van der Waals surface area contributed by atoms with Crippen LogP contribution in [-0.2, 0) is 33.8 Å². The molecule has 0 fully saturated rings. The molecule has 110 valence electrons. The summed E-state index contributed by atoms with van der Waals surface area (Å²) >= 11 is 0. The van der Waals surface area contributed by atoms with Crippen LogP contribution in [0.2, 0.25) is 0 Å². The average Bonchev–Trinajstić information content (AvgIpc) is 2.84. The first-order valence-corrected chi connectivity index (χ1v) is 6.64. The van der Waals surface area contributed by atoms with E-state index in [4.69, 9.17) is 9.84 Å². The number of nitrogens with zero attached hydrogens (tertiary/aromatic N) is 3. The minimum atomic E-state index is -0.827. The normalized spacial score (nSPS) is 14.2. The van der Waals surface area contributed by atoms with Crippen LogP contribution < -0.4 is 0 Å². The van der Waals surface area contributed by atoms with Crippen molar-refractivity contribution in [2.24, 2.45) is 0 Å². The van der Waals surface area contributed by atoms with Gasteiger partial charge in [-0.2, -0.15) is 5.10 Å². The third-order valence-electron chi connectivity index (χ3n) is 3.32. The molecule has 20 heavy (non-hydrogen) atoms. The van der Waals surface area contributed by atoms with Crippen molar-refractivity contribution >= 4 is 11.9 Å². The molecule has 0 aliphatic carbocycles. The molecule has 0 saturated carbocycles. The summed E-state index contributed by atoms with van der Waals surface area (Å²) in [4.78, 5) is 24.3. The van der Waals surface area contributed by atoms with Crippen LogP contribution in [0.15, 0.2) is 6.07 Å². The number of rotatable bonds is 6. The zero-order chi connectivity index (χ0) is 14.5. The molecule has 0 bridgehead atoms. The summed E-state index contributed by atoms with van der Waals surface area (Å²) in [5.41, 5.74) is 1.73. The van der Waals surface area contributed by atoms with Gasteiger partial charge in [0.1, 0.15) is 0 Å². The summed E-state index contributed by atoms with van der Waals surface area (Å²) < 4.78 is 6.77. The number of ether oxygens (including phenoxy) is 1. The Morgan fingerprint density at radius 2 is 2.20 bits per heavy atom. The van der Waals surface area contributed by atoms with Crippen molar-refractivity contribution in [1.82, 2.24) is 14.7 Å². The molecule has 7 heteroatoms. The Kier molecular flexibility index (Phi) is 4.73. The molecule has 1 aromatic rings. The van der Waals surface area contributed by atoms with Crippen LogP contribution in [0, 0.1) is 0 Å². The monoisotopic (exact) mass is 281 g/mol. The van der Waals surface area contributed by atoms with Crippen LogP contribution in [0.1, 0.15) is 24.2 Å². The minimum Gasteiger partial charge on any atom is -0.481 e. The number of carboxylic acids is 1. The summed E-state index contributed by atoms with van der Waals surface area (Å²) in [5, 5.41) is 13.0. The van der Waals surface area contributed by atoms with Gasteiger partial charge in [0.15, 0.2) is 0 Å². The first kappa shape index (κ1) is 14.5. The molecule has 0 spiro atoms. The van der Waals surface area contributed by atoms with Crippen molar-refractivity contribution in [3.05, 3.63) is 17.5 Å². The summed E-state index contributed by atoms with van der Waals surface area (Å²) in [6, 6.07) is 1.89. The van der Waals surface area contributed by atoms with Gasteiger partial charge in [0.25, 0.3) is 0 Å². The summed E-state index contributed by atoms with van der Waals surface area (Å²) in [7, 11) is 1.58. The fraction of sp³-hybridized carbons (Fsp3) is 0.615. The molecule has 0 radical (unpaired) electrons. The molecule has 1 aromatic heterocycles. The number of hydrogen-bond donors (Lipinski definition) is 1. The highest BCUT2D eigenvalue weighted by Crippen LogP contribution is 2.15. The Labute approximate surface area is 117 Å². The lowest BCUT2D eigenvalue weighted by molar-refractivity contribution is -0.137. The number of methoxy groups -OCH3 is 1. The van der Waals surface area contributed by atoms with E-state index in [0.29, 0.717) is 39.1 Å². The molecule has 0 atom stereocenters. The lowest BCUT2D eigenvalue weighted by Crippen LogP contribution is -2.38. The maximum Gasteiger partial charge on any atom is 0.303 e. The molecule has 0 saturated heterocycles. The van der Waals surface area contributed by atoms with Crippen LogP contribution in [0.25, 0.3) is 0 Å². The van der Waals surface area contributed by atoms with Gasteiger partial charge in [0, 0.05) is 20.1 Å². The second kappa shape index (κ2) is 6.51. The molecule has 1 amide bonds. The minimum absolute atomic E-state index is 0.0754. The van der Waals surface area contributed by atoms with Gasteiger partial charge in [-0.1, -0.05) is 0 Å². The summed E-state index contributed by atoms with van der Waals surface area (Å²) in [6.07, 6.45) is 0.885. The Bertz CT molecular complexity index is 498. The van der Waals surface area contributed by atoms with E-state index in [2.05, 4.69) is 5.10 Å². The number of amides is 1. The number of aromatic nitrogens is 2. The van der Waals surface area contributed by atoms with Gasteiger partial charge >= 0.3 is 5.97 Å². The molecule has 1 N–H and O–H groups in total. The number of carbonyl (C=O) groups excluding carboxylic acids is 1. The van der Waals surface area contributed by atoms with Crippen LogP contribution in [0.4, 0.5) is 0 Å². The zero-order valence-corrected chi connectivity index (χ0v) is 11.5. The number of aliphatic carboxylic acids is 1. The van der Waals surface area contributed by atoms with Crippen LogP contribution in [-0.4, -0.2) is 51.9 Å². The number of hydrogen-bond acceptors (Lipinski definition) is 4. The fourth-order valence-electron chi connectivity index (χ4n) is 2.24. The van der Waals surface area contributed by atoms with Gasteiger partial charge < -0.3 is 14.7 Å². The maximum absolute atomic E-state index is 11.9. The van der Waals surface area contributed by atoms with Gasteiger partial charge in [-0.3, -0.25) is 14.3 Å². The second-order valence-electron chi connectivity index (χ2n) is 4.80. The van der Waals surface area contributed by atoms with Gasteiger partial charge in [-0.05, 0) is 6.07 Å². The number of carboxylic acid groups (broad SMARTS) is 1. The van der Waals surface area contributed by atoms with Crippen LogP contribution in [0.3, 0.4) is 0 Å². The number of aryl methyl sites for hydroxylation is 1. The zero-order valence-electron chi connectivity index (χ0n) is 11.5. The highest BCUT2D eigenvalue weighted by molar-refractivity contribution is 5.76. The predicted molar refractivity (Wildman–Crippen MR) is 70.1 cm³/mol. The van der Waals surface area contributed by atoms with Gasteiger partial charge in [-0.25, -0.2) is 0 Å². The summed E-state index contributed by atoms with van der Waals surface area (Å²) in [5.74, 6) is -0.751. The highest BCUT2D eigenvalue weighted by atomic mass is 16.5. The highest BCUT2D eigenvalue weighted by Gasteiger charge is 2.22. The van der Waals surface area contributed by atoms with Crippen molar-refractivity contribution in [2.45, 2.75) is 32.4 Å². The largest absolute Gasteiger partial charge is 0.481 e. The second-order valence-corrected chi connectivity index (χ2v) is 4.80. The molecule has 1 aliphatic rings. The van der Waals surface area contributed by atoms with E-state index in [1.807, 2.05) is 10.7 Å². The molecule has 7 nitrogen and oxygen atoms in total. The Hall–Kier alpha value is -1.89. The first-order chi connectivity index (χ1) is 9.60. The Balaban J connectivity index is 1.95. The van der Waals surface area contributed by atoms with Crippen molar-refractivity contribution < 1.29 is 19.4 Å². The van der Waals surface area contributed by atoms with Crippen molar-refractivity contribution in [3.63, 3.8) is 0 Å². The molecule has 2 rings (SSSR count). The van der Waals surface area contributed by atoms with Crippen LogP contribution >= 0.6 is 0 Å². The Morgan fingerprint density at radius 3 is 2.90 bits per heavy atom. The molecular formula is C13H19N3O4. The van der Waals surface area contributed by atoms with E-state index in [9.17, 15) is 9.59 Å². The molecule has 2 heterocycles. The van der Waals surface area contributed by atoms with Crippen LogP contribution in [0.5, 0.6) is 0 Å². The maximum atomic E-state index is 11.9. The third kappa shape index (κ3) is 3.57. The lowest BCUT2D eigenvalue weighted by atomic mass is 10.2. The van der Waals surface area contributed by atoms with E-state index in [1.165, 1.54) is 0 Å². The van der Waals surface area contributed by atoms with Crippen molar-refractivity contribution in [3.8, 4) is 0 Å². The van der Waals surface area contributed by atoms with E-state index in [0.717, 1.165) is 11.4 Å². The Morgan fingerprint density at radius 1 is 1.40 bits per heavy atom. The van der Waals surface area contributed by atoms with E-state index in [1.54, 1.807) is 12.0 Å². The smallest absolute Gasteiger partial charge is 0.303 e. The average molecular weight is 281 g/mol. The lowest BCUT2D eigenvalue weighted by Gasteiger charge is -2.27. The molecule has 1 aliphatic heterocycles. The standard InChI is InChI=1S/C13H19N3O4/c1-20-7-4-12(17)15-5-6-16-11(9-15)8-10(14-16)2-3-13(18)19/h8H,2-7,9H2,1H3,(H,18,19). The summed E-state index contributed by atoms with van der Waals surface area (Å²) in [6.45, 7) is 2.25. The fourth-order valence-corrected chi connectivity index (χ4v) is 2.24. The quantitative estimate of drug-likeness (QED) is 0.809. The van der Waals surface area contributed by atoms with Gasteiger partial charge in [0.2, 0.25) is 5.91 Å². The van der Waals surface area contributed by atoms with E-state index in [-0.39, 0.29) is 12.3 Å². The number of carbonyl (C=O) groups is 2. The molecule has 0 unspecified atom stereocenters. The van der Waals surface area contributed by atoms with E-state index < -0.39 is 5.97 Å². The van der Waals surface area contributed by atoms with Gasteiger partial charge in [-0.15, -0.1) is 0 Å². The van der Waals surface area contributed by atoms with Crippen molar-refractivity contribution in [1.29, 1.82) is 0 Å². The SMILES string of the molecule is COCCC(=O)N1CCn2nc(CCC(=O)O)cc2C1. The third-order valence-corrected chi connectivity index (χ3v) is 3.32. The number of fused-ring (bicyclic) bond motifs is 1. The molecular weight excluding hydrogens is 262 g/mol. The molecule has 0 aromatic carbocycles. The van der Waals surface area contributed by atoms with E-state index >= 15 is 0 Å². The van der Waals surface area contributed by atoms with Crippen molar-refractivity contribution in [2.75, 3.05) is 20.3 Å². The van der Waals surface area contributed by atoms with Gasteiger partial charge in [0.05, 0.1) is 43.9 Å².